The number of nitrogens with one attached hydrogen (secondary N) is 3. The largest absolute Gasteiger partial charge is 0.395 e. The molecule has 1 aliphatic heterocycles. The van der Waals surface area contributed by atoms with Crippen LogP contribution in [0.15, 0.2) is 71.6 Å². The lowest BCUT2D eigenvalue weighted by Gasteiger charge is -2.28. The van der Waals surface area contributed by atoms with Crippen molar-refractivity contribution in [1.29, 1.82) is 0 Å². The van der Waals surface area contributed by atoms with Crippen LogP contribution in [-0.2, 0) is 29.1 Å². The van der Waals surface area contributed by atoms with Gasteiger partial charge in [-0.05, 0) is 79.0 Å². The van der Waals surface area contributed by atoms with Crippen molar-refractivity contribution < 1.29 is 19.5 Å². The Hall–Kier alpha value is -3.86. The van der Waals surface area contributed by atoms with Crippen molar-refractivity contribution in [3.05, 3.63) is 83.4 Å². The maximum atomic E-state index is 13.9. The zero-order valence-electron chi connectivity index (χ0n) is 24.3. The number of hydrogen-bond acceptors (Lipinski definition) is 6. The molecule has 1 atom stereocenters. The molecule has 42 heavy (non-hydrogen) atoms. The highest BCUT2D eigenvalue weighted by Gasteiger charge is 2.34. The summed E-state index contributed by atoms with van der Waals surface area (Å²) in [5, 5.41) is 17.2. The molecule has 0 saturated carbocycles. The normalized spacial score (nSPS) is 15.0. The predicted molar refractivity (Wildman–Crippen MR) is 167 cm³/mol. The quantitative estimate of drug-likeness (QED) is 0.230. The number of fused-ring (bicyclic) bond motifs is 1. The van der Waals surface area contributed by atoms with E-state index in [1.54, 1.807) is 30.5 Å². The number of nitrogens with two attached hydrogens (primary N) is 1. The number of hydrogen-bond donors (Lipinski definition) is 5. The van der Waals surface area contributed by atoms with E-state index in [1.165, 1.54) is 0 Å². The van der Waals surface area contributed by atoms with Gasteiger partial charge in [-0.3, -0.25) is 9.59 Å². The van der Waals surface area contributed by atoms with Gasteiger partial charge >= 0.3 is 6.03 Å². The molecule has 0 radical (unpaired) electrons. The second-order valence-electron chi connectivity index (χ2n) is 10.9. The number of benzene rings is 3. The van der Waals surface area contributed by atoms with Gasteiger partial charge in [-0.2, -0.15) is 0 Å². The molecule has 0 bridgehead atoms. The summed E-state index contributed by atoms with van der Waals surface area (Å²) in [6, 6.07) is 21.0. The van der Waals surface area contributed by atoms with E-state index in [0.29, 0.717) is 25.9 Å². The first-order chi connectivity index (χ1) is 20.1. The number of aliphatic hydroxyl groups excluding tert-OH is 1. The summed E-state index contributed by atoms with van der Waals surface area (Å²) >= 11 is 1.65. The lowest BCUT2D eigenvalue weighted by Crippen LogP contribution is -2.56. The Morgan fingerprint density at radius 2 is 1.81 bits per heavy atom. The molecule has 222 valence electrons. The molecule has 4 rings (SSSR count). The van der Waals surface area contributed by atoms with Gasteiger partial charge in [0.2, 0.25) is 11.8 Å². The van der Waals surface area contributed by atoms with Gasteiger partial charge < -0.3 is 31.7 Å². The molecule has 3 aromatic rings. The lowest BCUT2D eigenvalue weighted by molar-refractivity contribution is -0.130. The number of rotatable bonds is 10. The minimum absolute atomic E-state index is 0.120. The Bertz CT molecular complexity index is 1420. The number of carbonyl (C=O) groups excluding carboxylic acids is 3. The van der Waals surface area contributed by atoms with Crippen molar-refractivity contribution in [1.82, 2.24) is 16.0 Å². The third-order valence-electron chi connectivity index (χ3n) is 7.19. The molecule has 0 aromatic heterocycles. The fourth-order valence-corrected chi connectivity index (χ4v) is 5.32. The SMILES string of the molecule is CSc1ccc2c(c1)CC[C@@H](NC(=O)C(C)(C)N)C(=O)N2Cc1ccc(-c2ccccc2CNC(=O)NCCO)cc1. The molecular weight excluding hydrogens is 550 g/mol. The molecule has 3 aromatic carbocycles. The van der Waals surface area contributed by atoms with Crippen LogP contribution in [0.1, 0.15) is 37.0 Å². The lowest BCUT2D eigenvalue weighted by atomic mass is 9.98. The van der Waals surface area contributed by atoms with Crippen LogP contribution >= 0.6 is 11.8 Å². The molecular formula is C32H39N5O4S. The van der Waals surface area contributed by atoms with E-state index < -0.39 is 11.6 Å². The van der Waals surface area contributed by atoms with E-state index in [-0.39, 0.29) is 31.0 Å². The van der Waals surface area contributed by atoms with Gasteiger partial charge in [0, 0.05) is 23.7 Å². The smallest absolute Gasteiger partial charge is 0.315 e. The average Bonchev–Trinajstić information content (AvgIpc) is 3.11. The Balaban J connectivity index is 1.57. The fourth-order valence-electron chi connectivity index (χ4n) is 4.86. The summed E-state index contributed by atoms with van der Waals surface area (Å²) in [5.74, 6) is -0.525. The van der Waals surface area contributed by atoms with E-state index in [2.05, 4.69) is 22.0 Å². The van der Waals surface area contributed by atoms with Crippen LogP contribution < -0.4 is 26.6 Å². The highest BCUT2D eigenvalue weighted by Crippen LogP contribution is 2.32. The topological polar surface area (TPSA) is 137 Å². The van der Waals surface area contributed by atoms with Gasteiger partial charge in [0.05, 0.1) is 18.7 Å². The molecule has 0 spiro atoms. The van der Waals surface area contributed by atoms with Crippen molar-refractivity contribution in [2.45, 2.75) is 56.3 Å². The third-order valence-corrected chi connectivity index (χ3v) is 7.92. The molecule has 0 unspecified atom stereocenters. The van der Waals surface area contributed by atoms with E-state index in [4.69, 9.17) is 10.8 Å². The first kappa shape index (κ1) is 31.1. The number of aryl methyl sites for hydroxylation is 1. The molecule has 1 aliphatic rings. The van der Waals surface area contributed by atoms with Gasteiger partial charge in [-0.15, -0.1) is 11.8 Å². The average molecular weight is 590 g/mol. The summed E-state index contributed by atoms with van der Waals surface area (Å²) in [5.41, 5.74) is 10.7. The van der Waals surface area contributed by atoms with Crippen LogP contribution in [0.2, 0.25) is 0 Å². The van der Waals surface area contributed by atoms with Gasteiger partial charge in [-0.25, -0.2) is 4.79 Å². The second kappa shape index (κ2) is 13.9. The minimum Gasteiger partial charge on any atom is -0.395 e. The van der Waals surface area contributed by atoms with Crippen LogP contribution in [0.25, 0.3) is 11.1 Å². The second-order valence-corrected chi connectivity index (χ2v) is 11.8. The number of carbonyl (C=O) groups is 3. The van der Waals surface area contributed by atoms with E-state index in [0.717, 1.165) is 38.4 Å². The maximum absolute atomic E-state index is 13.9. The Morgan fingerprint density at radius 3 is 2.50 bits per heavy atom. The van der Waals surface area contributed by atoms with Crippen LogP contribution in [0.5, 0.6) is 0 Å². The molecule has 9 nitrogen and oxygen atoms in total. The molecule has 0 aliphatic carbocycles. The predicted octanol–water partition coefficient (Wildman–Crippen LogP) is 3.57. The van der Waals surface area contributed by atoms with E-state index in [1.807, 2.05) is 66.9 Å². The summed E-state index contributed by atoms with van der Waals surface area (Å²) in [7, 11) is 0. The number of thioether (sulfide) groups is 1. The van der Waals surface area contributed by atoms with Crippen LogP contribution in [-0.4, -0.2) is 53.9 Å². The minimum atomic E-state index is -1.10. The molecule has 1 heterocycles. The number of anilines is 1. The zero-order chi connectivity index (χ0) is 30.3. The number of urea groups is 1. The van der Waals surface area contributed by atoms with Crippen molar-refractivity contribution in [3.8, 4) is 11.1 Å². The molecule has 10 heteroatoms. The number of amides is 4. The van der Waals surface area contributed by atoms with Gasteiger partial charge in [0.15, 0.2) is 0 Å². The highest BCUT2D eigenvalue weighted by atomic mass is 32.2. The first-order valence-corrected chi connectivity index (χ1v) is 15.2. The summed E-state index contributed by atoms with van der Waals surface area (Å²) in [6.07, 6.45) is 3.17. The Kier molecular flexibility index (Phi) is 10.3. The first-order valence-electron chi connectivity index (χ1n) is 14.0. The number of nitrogens with zero attached hydrogens (tertiary/aromatic N) is 1. The van der Waals surface area contributed by atoms with E-state index in [9.17, 15) is 14.4 Å². The van der Waals surface area contributed by atoms with Gasteiger partial charge in [0.25, 0.3) is 0 Å². The summed E-state index contributed by atoms with van der Waals surface area (Å²) in [4.78, 5) is 41.4. The van der Waals surface area contributed by atoms with Crippen molar-refractivity contribution in [3.63, 3.8) is 0 Å². The molecule has 6 N–H and O–H groups in total. The maximum Gasteiger partial charge on any atom is 0.315 e. The Labute approximate surface area is 251 Å². The van der Waals surface area contributed by atoms with Crippen molar-refractivity contribution in [2.24, 2.45) is 5.73 Å². The third kappa shape index (κ3) is 7.70. The molecule has 0 fully saturated rings. The van der Waals surface area contributed by atoms with E-state index >= 15 is 0 Å². The summed E-state index contributed by atoms with van der Waals surface area (Å²) < 4.78 is 0. The van der Waals surface area contributed by atoms with Crippen molar-refractivity contribution in [2.75, 3.05) is 24.3 Å². The molecule has 0 saturated heterocycles. The summed E-state index contributed by atoms with van der Waals surface area (Å²) in [6.45, 7) is 4.00. The van der Waals surface area contributed by atoms with Crippen LogP contribution in [0.4, 0.5) is 10.5 Å². The highest BCUT2D eigenvalue weighted by molar-refractivity contribution is 7.98. The van der Waals surface area contributed by atoms with Crippen LogP contribution in [0, 0.1) is 0 Å². The molecule has 4 amide bonds. The van der Waals surface area contributed by atoms with Crippen LogP contribution in [0.3, 0.4) is 0 Å². The standard InChI is InChI=1S/C32H39N5O4S/c1-32(2,33)30(40)36-27-14-12-23-18-25(42-3)13-15-28(23)37(29(27)39)20-21-8-10-22(11-9-21)26-7-5-4-6-24(26)19-35-31(41)34-16-17-38/h4-11,13,15,18,27,38H,12,14,16-17,19-20,33H2,1-3H3,(H,36,40)(H2,34,35,41)/t27-/m1/s1. The van der Waals surface area contributed by atoms with Gasteiger partial charge in [0.1, 0.15) is 6.04 Å². The fraction of sp³-hybridized carbons (Fsp3) is 0.344. The Morgan fingerprint density at radius 1 is 1.07 bits per heavy atom. The zero-order valence-corrected chi connectivity index (χ0v) is 25.1. The monoisotopic (exact) mass is 589 g/mol. The number of aliphatic hydroxyl groups is 1. The van der Waals surface area contributed by atoms with Gasteiger partial charge in [-0.1, -0.05) is 48.5 Å². The van der Waals surface area contributed by atoms with Crippen molar-refractivity contribution >= 4 is 35.3 Å².